The lowest BCUT2D eigenvalue weighted by Crippen LogP contribution is -2.58. The van der Waals surface area contributed by atoms with E-state index >= 15 is 0 Å². The lowest BCUT2D eigenvalue weighted by Gasteiger charge is -2.62. The van der Waals surface area contributed by atoms with E-state index in [2.05, 4.69) is 19.8 Å². The molecule has 144 valence electrons. The summed E-state index contributed by atoms with van der Waals surface area (Å²) >= 11 is 0. The molecule has 7 atom stereocenters. The highest BCUT2D eigenvalue weighted by molar-refractivity contribution is 5.23. The summed E-state index contributed by atoms with van der Waals surface area (Å²) in [6.07, 6.45) is 15.9. The largest absolute Gasteiger partial charge is 0.377 e. The van der Waals surface area contributed by atoms with Crippen LogP contribution in [-0.4, -0.2) is 29.7 Å². The quantitative estimate of drug-likeness (QED) is 0.662. The number of aliphatic hydroxyl groups is 1. The van der Waals surface area contributed by atoms with Crippen LogP contribution in [0.5, 0.6) is 0 Å². The first kappa shape index (κ1) is 17.5. The van der Waals surface area contributed by atoms with Gasteiger partial charge in [0.25, 0.3) is 0 Å². The molecule has 0 bridgehead atoms. The minimum absolute atomic E-state index is 0.0837. The Balaban J connectivity index is 1.42. The average Bonchev–Trinajstić information content (AvgIpc) is 3.19. The molecule has 26 heavy (non-hydrogen) atoms. The molecule has 0 radical (unpaired) electrons. The van der Waals surface area contributed by atoms with Crippen LogP contribution in [0.2, 0.25) is 0 Å². The fourth-order valence-corrected chi connectivity index (χ4v) is 8.21. The Bertz CT molecular complexity index is 632. The molecule has 5 aliphatic rings. The zero-order valence-electron chi connectivity index (χ0n) is 16.4. The van der Waals surface area contributed by atoms with Crippen molar-refractivity contribution in [1.82, 2.24) is 0 Å². The molecule has 0 amide bonds. The highest BCUT2D eigenvalue weighted by Gasteiger charge is 2.65. The number of ether oxygens (including phenoxy) is 2. The van der Waals surface area contributed by atoms with Gasteiger partial charge in [-0.3, -0.25) is 0 Å². The summed E-state index contributed by atoms with van der Waals surface area (Å²) < 4.78 is 12.1. The minimum Gasteiger partial charge on any atom is -0.377 e. The number of hydrogen-bond acceptors (Lipinski definition) is 3. The predicted octanol–water partition coefficient (Wildman–Crippen LogP) is 4.14. The minimum atomic E-state index is -0.886. The SMILES string of the molecule is C#C[C@]1(O)CC[C@H]2[C@@H]3CC[C@H]4CC5(CC[C@]4(C)[C@H]3CC[C@@]21C)OCCO5. The maximum Gasteiger partial charge on any atom is 0.168 e. The van der Waals surface area contributed by atoms with Crippen LogP contribution in [0.4, 0.5) is 0 Å². The highest BCUT2D eigenvalue weighted by atomic mass is 16.7. The van der Waals surface area contributed by atoms with Crippen LogP contribution in [-0.2, 0) is 9.47 Å². The van der Waals surface area contributed by atoms with E-state index in [0.717, 1.165) is 57.2 Å². The van der Waals surface area contributed by atoms with Crippen molar-refractivity contribution in [3.05, 3.63) is 0 Å². The molecule has 5 rings (SSSR count). The Morgan fingerprint density at radius 1 is 0.923 bits per heavy atom. The summed E-state index contributed by atoms with van der Waals surface area (Å²) in [6.45, 7) is 6.37. The van der Waals surface area contributed by atoms with Crippen LogP contribution in [0.25, 0.3) is 0 Å². The van der Waals surface area contributed by atoms with Crippen molar-refractivity contribution >= 4 is 0 Å². The molecule has 0 aromatic rings. The van der Waals surface area contributed by atoms with Crippen LogP contribution in [0.3, 0.4) is 0 Å². The molecule has 4 saturated carbocycles. The highest BCUT2D eigenvalue weighted by Crippen LogP contribution is 2.69. The van der Waals surface area contributed by atoms with Gasteiger partial charge in [0.2, 0.25) is 0 Å². The Hall–Kier alpha value is -0.560. The first-order valence-corrected chi connectivity index (χ1v) is 10.8. The van der Waals surface area contributed by atoms with Gasteiger partial charge in [0, 0.05) is 18.3 Å². The third-order valence-corrected chi connectivity index (χ3v) is 9.87. The fraction of sp³-hybridized carbons (Fsp3) is 0.913. The van der Waals surface area contributed by atoms with Gasteiger partial charge in [-0.25, -0.2) is 0 Å². The van der Waals surface area contributed by atoms with E-state index in [0.29, 0.717) is 17.3 Å². The van der Waals surface area contributed by atoms with Crippen LogP contribution >= 0.6 is 0 Å². The van der Waals surface area contributed by atoms with Gasteiger partial charge in [0.05, 0.1) is 13.2 Å². The summed E-state index contributed by atoms with van der Waals surface area (Å²) in [6, 6.07) is 0. The monoisotopic (exact) mass is 358 g/mol. The van der Waals surface area contributed by atoms with Crippen LogP contribution in [0.15, 0.2) is 0 Å². The normalized spacial score (nSPS) is 55.0. The molecule has 0 unspecified atom stereocenters. The van der Waals surface area contributed by atoms with Crippen molar-refractivity contribution in [2.45, 2.75) is 83.0 Å². The molecular formula is C23H34O3. The van der Waals surface area contributed by atoms with Crippen molar-refractivity contribution in [2.24, 2.45) is 34.5 Å². The molecule has 1 N–H and O–H groups in total. The second-order valence-electron chi connectivity index (χ2n) is 10.5. The Morgan fingerprint density at radius 3 is 2.38 bits per heavy atom. The summed E-state index contributed by atoms with van der Waals surface area (Å²) in [5.74, 6) is 5.35. The molecule has 0 aromatic heterocycles. The first-order chi connectivity index (χ1) is 12.4. The molecule has 1 aliphatic heterocycles. The van der Waals surface area contributed by atoms with Crippen LogP contribution < -0.4 is 0 Å². The molecular weight excluding hydrogens is 324 g/mol. The lowest BCUT2D eigenvalue weighted by atomic mass is 9.44. The Labute approximate surface area is 158 Å². The first-order valence-electron chi connectivity index (χ1n) is 10.8. The standard InChI is InChI=1S/C23H34O3/c1-4-22(24)10-8-19-17-6-5-16-15-23(25-13-14-26-23)12-11-20(16,2)18(17)7-9-21(19,22)3/h1,16-19,24H,5-15H2,2-3H3/t16-,17+,18-,19-,20-,21-,22-/m0/s1. The van der Waals surface area contributed by atoms with Crippen molar-refractivity contribution in [3.63, 3.8) is 0 Å². The molecule has 3 nitrogen and oxygen atoms in total. The van der Waals surface area contributed by atoms with E-state index in [1.165, 1.54) is 25.7 Å². The maximum atomic E-state index is 11.1. The summed E-state index contributed by atoms with van der Waals surface area (Å²) in [5.41, 5.74) is -0.566. The third-order valence-electron chi connectivity index (χ3n) is 9.87. The van der Waals surface area contributed by atoms with Crippen molar-refractivity contribution in [3.8, 4) is 12.3 Å². The van der Waals surface area contributed by atoms with Crippen LogP contribution in [0, 0.1) is 46.8 Å². The van der Waals surface area contributed by atoms with Gasteiger partial charge in [0.15, 0.2) is 5.79 Å². The van der Waals surface area contributed by atoms with Crippen molar-refractivity contribution in [1.29, 1.82) is 0 Å². The number of terminal acetylenes is 1. The lowest BCUT2D eigenvalue weighted by molar-refractivity contribution is -0.231. The Kier molecular flexibility index (Phi) is 3.70. The van der Waals surface area contributed by atoms with E-state index in [1.807, 2.05) is 0 Å². The number of fused-ring (bicyclic) bond motifs is 5. The van der Waals surface area contributed by atoms with E-state index in [1.54, 1.807) is 0 Å². The van der Waals surface area contributed by atoms with Crippen LogP contribution in [0.1, 0.15) is 71.6 Å². The van der Waals surface area contributed by atoms with Gasteiger partial charge in [0.1, 0.15) is 5.60 Å². The van der Waals surface area contributed by atoms with Gasteiger partial charge in [-0.05, 0) is 74.0 Å². The summed E-state index contributed by atoms with van der Waals surface area (Å²) in [5, 5.41) is 11.1. The van der Waals surface area contributed by atoms with Gasteiger partial charge >= 0.3 is 0 Å². The van der Waals surface area contributed by atoms with Gasteiger partial charge in [-0.15, -0.1) is 6.42 Å². The van der Waals surface area contributed by atoms with E-state index < -0.39 is 5.60 Å². The summed E-state index contributed by atoms with van der Waals surface area (Å²) in [7, 11) is 0. The zero-order chi connectivity index (χ0) is 18.2. The van der Waals surface area contributed by atoms with E-state index in [-0.39, 0.29) is 11.2 Å². The molecule has 4 aliphatic carbocycles. The topological polar surface area (TPSA) is 38.7 Å². The summed E-state index contributed by atoms with van der Waals surface area (Å²) in [4.78, 5) is 0. The van der Waals surface area contributed by atoms with E-state index in [9.17, 15) is 5.11 Å². The second-order valence-corrected chi connectivity index (χ2v) is 10.5. The zero-order valence-corrected chi connectivity index (χ0v) is 16.4. The molecule has 5 fully saturated rings. The van der Waals surface area contributed by atoms with Gasteiger partial charge in [-0.2, -0.15) is 0 Å². The average molecular weight is 359 g/mol. The van der Waals surface area contributed by atoms with Gasteiger partial charge < -0.3 is 14.6 Å². The molecule has 1 heterocycles. The fourth-order valence-electron chi connectivity index (χ4n) is 8.21. The number of rotatable bonds is 0. The number of hydrogen-bond donors (Lipinski definition) is 1. The maximum absolute atomic E-state index is 11.1. The van der Waals surface area contributed by atoms with Gasteiger partial charge in [-0.1, -0.05) is 19.8 Å². The van der Waals surface area contributed by atoms with E-state index in [4.69, 9.17) is 15.9 Å². The smallest absolute Gasteiger partial charge is 0.168 e. The second kappa shape index (κ2) is 5.49. The molecule has 3 heteroatoms. The molecule has 0 aromatic carbocycles. The molecule has 1 spiro atoms. The van der Waals surface area contributed by atoms with Crippen molar-refractivity contribution < 1.29 is 14.6 Å². The third kappa shape index (κ3) is 2.07. The predicted molar refractivity (Wildman–Crippen MR) is 100 cm³/mol. The Morgan fingerprint density at radius 2 is 1.65 bits per heavy atom. The molecule has 1 saturated heterocycles. The van der Waals surface area contributed by atoms with Crippen molar-refractivity contribution in [2.75, 3.05) is 13.2 Å².